The number of nitrogens with zero attached hydrogens (tertiary/aromatic N) is 2. The first-order valence-electron chi connectivity index (χ1n) is 6.80. The lowest BCUT2D eigenvalue weighted by atomic mass is 10.1. The van der Waals surface area contributed by atoms with E-state index >= 15 is 0 Å². The van der Waals surface area contributed by atoms with Crippen LogP contribution >= 0.6 is 0 Å². The van der Waals surface area contributed by atoms with Crippen LogP contribution in [0.25, 0.3) is 10.9 Å². The fourth-order valence-corrected chi connectivity index (χ4v) is 2.49. The number of hydrogen-bond donors (Lipinski definition) is 1. The molecule has 0 amide bonds. The van der Waals surface area contributed by atoms with Crippen molar-refractivity contribution in [3.63, 3.8) is 0 Å². The molecule has 110 valence electrons. The van der Waals surface area contributed by atoms with E-state index in [-0.39, 0.29) is 0 Å². The van der Waals surface area contributed by atoms with Crippen molar-refractivity contribution in [2.45, 2.75) is 0 Å². The quantitative estimate of drug-likeness (QED) is 0.842. The maximum Gasteiger partial charge on any atom is 0.341 e. The van der Waals surface area contributed by atoms with Gasteiger partial charge in [-0.15, -0.1) is 0 Å². The molecule has 2 heterocycles. The Hall–Kier alpha value is -2.34. The van der Waals surface area contributed by atoms with Crippen molar-refractivity contribution in [2.24, 2.45) is 0 Å². The predicted molar refractivity (Wildman–Crippen MR) is 80.5 cm³/mol. The smallest absolute Gasteiger partial charge is 0.341 e. The largest absolute Gasteiger partial charge is 0.465 e. The number of rotatable bonds is 2. The van der Waals surface area contributed by atoms with E-state index in [0.29, 0.717) is 24.5 Å². The number of fused-ring (bicyclic) bond motifs is 1. The third-order valence-corrected chi connectivity index (χ3v) is 3.67. The summed E-state index contributed by atoms with van der Waals surface area (Å²) in [7, 11) is 1.33. The van der Waals surface area contributed by atoms with E-state index in [1.807, 2.05) is 18.2 Å². The fraction of sp³-hybridized carbons (Fsp3) is 0.333. The van der Waals surface area contributed by atoms with Crippen LogP contribution < -0.4 is 10.6 Å². The summed E-state index contributed by atoms with van der Waals surface area (Å²) >= 11 is 0. The standard InChI is InChI=1S/C15H17N3O3/c1-20-15(19)12-9-17-13-3-2-10(8-11(13)14(12)16)18-4-6-21-7-5-18/h2-3,8-9H,4-7H2,1H3,(H2,16,17). The maximum atomic E-state index is 11.7. The Bertz CT molecular complexity index is 681. The molecule has 6 nitrogen and oxygen atoms in total. The lowest BCUT2D eigenvalue weighted by Gasteiger charge is -2.29. The number of pyridine rings is 1. The van der Waals surface area contributed by atoms with Crippen molar-refractivity contribution >= 4 is 28.2 Å². The molecule has 3 rings (SSSR count). The maximum absolute atomic E-state index is 11.7. The molecule has 2 N–H and O–H groups in total. The summed E-state index contributed by atoms with van der Waals surface area (Å²) in [6.45, 7) is 3.12. The van der Waals surface area contributed by atoms with E-state index in [1.165, 1.54) is 13.3 Å². The van der Waals surface area contributed by atoms with Gasteiger partial charge >= 0.3 is 5.97 Å². The third kappa shape index (κ3) is 2.50. The van der Waals surface area contributed by atoms with Gasteiger partial charge in [-0.05, 0) is 18.2 Å². The molecule has 0 saturated carbocycles. The van der Waals surface area contributed by atoms with Crippen molar-refractivity contribution < 1.29 is 14.3 Å². The van der Waals surface area contributed by atoms with Gasteiger partial charge in [0.1, 0.15) is 5.56 Å². The summed E-state index contributed by atoms with van der Waals surface area (Å²) < 4.78 is 10.1. The van der Waals surface area contributed by atoms with Gasteiger partial charge in [-0.3, -0.25) is 4.98 Å². The molecule has 21 heavy (non-hydrogen) atoms. The molecule has 1 aromatic heterocycles. The van der Waals surface area contributed by atoms with Gasteiger partial charge in [0.2, 0.25) is 0 Å². The Kier molecular flexibility index (Phi) is 3.62. The zero-order chi connectivity index (χ0) is 14.8. The van der Waals surface area contributed by atoms with E-state index in [9.17, 15) is 4.79 Å². The van der Waals surface area contributed by atoms with Gasteiger partial charge in [-0.1, -0.05) is 0 Å². The monoisotopic (exact) mass is 287 g/mol. The first kappa shape index (κ1) is 13.6. The average molecular weight is 287 g/mol. The van der Waals surface area contributed by atoms with Crippen LogP contribution in [0.2, 0.25) is 0 Å². The first-order valence-corrected chi connectivity index (χ1v) is 6.80. The summed E-state index contributed by atoms with van der Waals surface area (Å²) in [6, 6.07) is 5.89. The number of nitrogens with two attached hydrogens (primary N) is 1. The number of anilines is 2. The van der Waals surface area contributed by atoms with E-state index in [0.717, 1.165) is 29.7 Å². The minimum Gasteiger partial charge on any atom is -0.465 e. The SMILES string of the molecule is COC(=O)c1cnc2ccc(N3CCOCC3)cc2c1N. The number of carbonyl (C=O) groups is 1. The summed E-state index contributed by atoms with van der Waals surface area (Å²) in [5.74, 6) is -0.473. The number of aromatic nitrogens is 1. The molecule has 2 aromatic rings. The van der Waals surface area contributed by atoms with Gasteiger partial charge in [-0.25, -0.2) is 4.79 Å². The molecule has 1 saturated heterocycles. The van der Waals surface area contributed by atoms with Crippen LogP contribution in [0.5, 0.6) is 0 Å². The summed E-state index contributed by atoms with van der Waals surface area (Å²) in [6.07, 6.45) is 1.46. The van der Waals surface area contributed by atoms with Crippen LogP contribution in [-0.4, -0.2) is 44.4 Å². The number of nitrogen functional groups attached to an aromatic ring is 1. The molecule has 0 bridgehead atoms. The van der Waals surface area contributed by atoms with Gasteiger partial charge in [0.25, 0.3) is 0 Å². The van der Waals surface area contributed by atoms with E-state index < -0.39 is 5.97 Å². The fourth-order valence-electron chi connectivity index (χ4n) is 2.49. The number of carbonyl (C=O) groups excluding carboxylic acids is 1. The Morgan fingerprint density at radius 1 is 1.38 bits per heavy atom. The zero-order valence-corrected chi connectivity index (χ0v) is 11.8. The molecular formula is C15H17N3O3. The van der Waals surface area contributed by atoms with Crippen LogP contribution in [0.3, 0.4) is 0 Å². The highest BCUT2D eigenvalue weighted by molar-refractivity contribution is 6.04. The molecule has 0 unspecified atom stereocenters. The number of morpholine rings is 1. The molecule has 1 fully saturated rings. The topological polar surface area (TPSA) is 77.7 Å². The van der Waals surface area contributed by atoms with Crippen molar-refractivity contribution in [3.8, 4) is 0 Å². The van der Waals surface area contributed by atoms with Crippen molar-refractivity contribution in [2.75, 3.05) is 44.0 Å². The van der Waals surface area contributed by atoms with Crippen molar-refractivity contribution in [1.82, 2.24) is 4.98 Å². The number of esters is 1. The van der Waals surface area contributed by atoms with Gasteiger partial charge < -0.3 is 20.1 Å². The van der Waals surface area contributed by atoms with Gasteiger partial charge in [0.05, 0.1) is 31.5 Å². The van der Waals surface area contributed by atoms with Crippen LogP contribution in [0.1, 0.15) is 10.4 Å². The molecule has 0 aliphatic carbocycles. The molecule has 0 spiro atoms. The van der Waals surface area contributed by atoms with E-state index in [2.05, 4.69) is 9.88 Å². The molecule has 1 aromatic carbocycles. The van der Waals surface area contributed by atoms with Gasteiger partial charge in [0, 0.05) is 30.4 Å². The minimum atomic E-state index is -0.473. The third-order valence-electron chi connectivity index (χ3n) is 3.67. The highest BCUT2D eigenvalue weighted by atomic mass is 16.5. The van der Waals surface area contributed by atoms with E-state index in [1.54, 1.807) is 0 Å². The second-order valence-electron chi connectivity index (χ2n) is 4.88. The molecular weight excluding hydrogens is 270 g/mol. The lowest BCUT2D eigenvalue weighted by molar-refractivity contribution is 0.0601. The van der Waals surface area contributed by atoms with Crippen LogP contribution in [-0.2, 0) is 9.47 Å². The Morgan fingerprint density at radius 2 is 2.14 bits per heavy atom. The van der Waals surface area contributed by atoms with Gasteiger partial charge in [0.15, 0.2) is 0 Å². The Balaban J connectivity index is 2.06. The normalized spacial score (nSPS) is 15.2. The second-order valence-corrected chi connectivity index (χ2v) is 4.88. The number of hydrogen-bond acceptors (Lipinski definition) is 6. The predicted octanol–water partition coefficient (Wildman–Crippen LogP) is 1.44. The Labute approximate surface area is 122 Å². The van der Waals surface area contributed by atoms with Crippen LogP contribution in [0, 0.1) is 0 Å². The molecule has 1 aliphatic rings. The summed E-state index contributed by atoms with van der Waals surface area (Å²) in [5, 5.41) is 0.766. The highest BCUT2D eigenvalue weighted by Gasteiger charge is 2.16. The first-order chi connectivity index (χ1) is 10.2. The van der Waals surface area contributed by atoms with Crippen LogP contribution in [0.4, 0.5) is 11.4 Å². The van der Waals surface area contributed by atoms with Crippen molar-refractivity contribution in [1.29, 1.82) is 0 Å². The molecule has 6 heteroatoms. The summed E-state index contributed by atoms with van der Waals surface area (Å²) in [4.78, 5) is 18.2. The number of benzene rings is 1. The summed E-state index contributed by atoms with van der Waals surface area (Å²) in [5.41, 5.74) is 8.63. The second kappa shape index (κ2) is 5.57. The number of methoxy groups -OCH3 is 1. The highest BCUT2D eigenvalue weighted by Crippen LogP contribution is 2.28. The molecule has 1 aliphatic heterocycles. The van der Waals surface area contributed by atoms with Gasteiger partial charge in [-0.2, -0.15) is 0 Å². The molecule has 0 atom stereocenters. The number of ether oxygens (including phenoxy) is 2. The lowest BCUT2D eigenvalue weighted by Crippen LogP contribution is -2.36. The minimum absolute atomic E-state index is 0.295. The average Bonchev–Trinajstić information content (AvgIpc) is 2.55. The Morgan fingerprint density at radius 3 is 2.86 bits per heavy atom. The van der Waals surface area contributed by atoms with E-state index in [4.69, 9.17) is 15.2 Å². The van der Waals surface area contributed by atoms with Crippen LogP contribution in [0.15, 0.2) is 24.4 Å². The van der Waals surface area contributed by atoms with Crippen molar-refractivity contribution in [3.05, 3.63) is 30.0 Å². The zero-order valence-electron chi connectivity index (χ0n) is 11.8. The molecule has 0 radical (unpaired) electrons.